The van der Waals surface area contributed by atoms with Gasteiger partial charge in [-0.05, 0) is 35.9 Å². The van der Waals surface area contributed by atoms with E-state index in [2.05, 4.69) is 9.97 Å². The zero-order chi connectivity index (χ0) is 21.1. The van der Waals surface area contributed by atoms with E-state index >= 15 is 0 Å². The first kappa shape index (κ1) is 19.5. The summed E-state index contributed by atoms with van der Waals surface area (Å²) in [6.45, 7) is 0.920. The molecule has 4 rings (SSSR count). The third-order valence-corrected chi connectivity index (χ3v) is 4.93. The number of hydrogen-bond acceptors (Lipinski definition) is 7. The smallest absolute Gasteiger partial charge is 0.254 e. The van der Waals surface area contributed by atoms with Crippen molar-refractivity contribution in [3.63, 3.8) is 0 Å². The minimum absolute atomic E-state index is 0. The van der Waals surface area contributed by atoms with Crippen LogP contribution >= 0.6 is 0 Å². The number of nitrogen functional groups attached to an aromatic ring is 1. The van der Waals surface area contributed by atoms with Gasteiger partial charge < -0.3 is 15.2 Å². The predicted molar refractivity (Wildman–Crippen MR) is 116 cm³/mol. The molecular weight excluding hydrogens is 382 g/mol. The molecule has 1 amide bonds. The highest BCUT2D eigenvalue weighted by Gasteiger charge is 2.22. The lowest BCUT2D eigenvalue weighted by molar-refractivity contribution is -0.125. The van der Waals surface area contributed by atoms with Crippen molar-refractivity contribution in [1.82, 2.24) is 9.97 Å². The van der Waals surface area contributed by atoms with Gasteiger partial charge in [-0.2, -0.15) is 0 Å². The van der Waals surface area contributed by atoms with Crippen LogP contribution in [-0.4, -0.2) is 48.5 Å². The standard InChI is InChI=1S/C22H21N5O3.H2/c1-29-19-5-6-25-12-17(19)14-2-3-18(23)16(10-14)22(24)15-4-7-26-20(11-15)27-8-9-30-13-21(27)28;/h2-7,10-12,24H,8-9,13,23H2,1H3;1H. The van der Waals surface area contributed by atoms with E-state index in [-0.39, 0.29) is 19.7 Å². The van der Waals surface area contributed by atoms with Crippen molar-refractivity contribution in [2.45, 2.75) is 0 Å². The van der Waals surface area contributed by atoms with E-state index in [1.165, 1.54) is 0 Å². The van der Waals surface area contributed by atoms with Gasteiger partial charge in [0.15, 0.2) is 0 Å². The molecule has 0 bridgehead atoms. The van der Waals surface area contributed by atoms with Gasteiger partial charge in [0, 0.05) is 42.4 Å². The minimum Gasteiger partial charge on any atom is -0.496 e. The molecule has 8 nitrogen and oxygen atoms in total. The molecule has 0 atom stereocenters. The fourth-order valence-corrected chi connectivity index (χ4v) is 3.35. The lowest BCUT2D eigenvalue weighted by Gasteiger charge is -2.26. The van der Waals surface area contributed by atoms with Crippen molar-refractivity contribution in [3.8, 4) is 16.9 Å². The number of hydrogen-bond donors (Lipinski definition) is 2. The molecule has 1 aromatic carbocycles. The highest BCUT2D eigenvalue weighted by molar-refractivity contribution is 6.14. The number of methoxy groups -OCH3 is 1. The highest BCUT2D eigenvalue weighted by atomic mass is 16.5. The molecule has 3 aromatic rings. The Morgan fingerprint density at radius 2 is 2.13 bits per heavy atom. The largest absolute Gasteiger partial charge is 0.496 e. The number of rotatable bonds is 5. The molecule has 2 aromatic heterocycles. The lowest BCUT2D eigenvalue weighted by Crippen LogP contribution is -2.42. The zero-order valence-electron chi connectivity index (χ0n) is 16.5. The second-order valence-electron chi connectivity index (χ2n) is 6.75. The van der Waals surface area contributed by atoms with E-state index < -0.39 is 0 Å². The van der Waals surface area contributed by atoms with Crippen molar-refractivity contribution >= 4 is 23.1 Å². The third kappa shape index (κ3) is 3.72. The predicted octanol–water partition coefficient (Wildman–Crippen LogP) is 2.76. The summed E-state index contributed by atoms with van der Waals surface area (Å²) in [6, 6.07) is 10.7. The van der Waals surface area contributed by atoms with Crippen LogP contribution in [0, 0.1) is 5.41 Å². The summed E-state index contributed by atoms with van der Waals surface area (Å²) in [5.74, 6) is 1.03. The summed E-state index contributed by atoms with van der Waals surface area (Å²) >= 11 is 0. The summed E-state index contributed by atoms with van der Waals surface area (Å²) in [7, 11) is 1.60. The molecule has 0 unspecified atom stereocenters. The van der Waals surface area contributed by atoms with Crippen molar-refractivity contribution in [1.29, 1.82) is 5.41 Å². The number of aromatic nitrogens is 2. The van der Waals surface area contributed by atoms with Gasteiger partial charge in [-0.25, -0.2) is 4.98 Å². The van der Waals surface area contributed by atoms with E-state index in [4.69, 9.17) is 20.6 Å². The monoisotopic (exact) mass is 405 g/mol. The van der Waals surface area contributed by atoms with E-state index in [0.717, 1.165) is 11.1 Å². The van der Waals surface area contributed by atoms with Crippen molar-refractivity contribution in [3.05, 3.63) is 66.1 Å². The Labute approximate surface area is 175 Å². The van der Waals surface area contributed by atoms with Crippen LogP contribution in [0.1, 0.15) is 12.6 Å². The first-order valence-electron chi connectivity index (χ1n) is 9.40. The maximum Gasteiger partial charge on any atom is 0.254 e. The number of anilines is 2. The fraction of sp³-hybridized carbons (Fsp3) is 0.182. The normalized spacial score (nSPS) is 13.9. The van der Waals surface area contributed by atoms with Gasteiger partial charge in [0.25, 0.3) is 5.91 Å². The first-order chi connectivity index (χ1) is 14.6. The Hall–Kier alpha value is -3.78. The summed E-state index contributed by atoms with van der Waals surface area (Å²) in [5.41, 5.74) is 9.74. The molecule has 3 N–H and O–H groups in total. The minimum atomic E-state index is -0.150. The molecule has 0 radical (unpaired) electrons. The Morgan fingerprint density at radius 1 is 1.27 bits per heavy atom. The molecule has 154 valence electrons. The molecule has 1 fully saturated rings. The lowest BCUT2D eigenvalue weighted by atomic mass is 9.96. The number of nitrogens with two attached hydrogens (primary N) is 1. The van der Waals surface area contributed by atoms with Crippen LogP contribution in [0.5, 0.6) is 5.75 Å². The van der Waals surface area contributed by atoms with Crippen LogP contribution < -0.4 is 15.4 Å². The first-order valence-corrected chi connectivity index (χ1v) is 9.40. The zero-order valence-corrected chi connectivity index (χ0v) is 16.5. The van der Waals surface area contributed by atoms with E-state index in [9.17, 15) is 4.79 Å². The van der Waals surface area contributed by atoms with Crippen LogP contribution in [0.4, 0.5) is 11.5 Å². The maximum atomic E-state index is 12.1. The van der Waals surface area contributed by atoms with Gasteiger partial charge in [0.05, 0.1) is 26.0 Å². The molecule has 3 heterocycles. The molecule has 0 aliphatic carbocycles. The Morgan fingerprint density at radius 3 is 2.93 bits per heavy atom. The number of carbonyl (C=O) groups excluding carboxylic acids is 1. The number of pyridine rings is 2. The second kappa shape index (κ2) is 8.30. The van der Waals surface area contributed by atoms with Gasteiger partial charge in [-0.3, -0.25) is 20.1 Å². The molecule has 0 saturated carbocycles. The SMILES string of the molecule is COc1ccncc1-c1ccc(N)c(C(=N)c2ccnc(N3CCOCC3=O)c2)c1.[HH]. The van der Waals surface area contributed by atoms with Crippen molar-refractivity contribution < 1.29 is 15.7 Å². The number of nitrogens with one attached hydrogen (secondary N) is 1. The number of nitrogens with zero attached hydrogens (tertiary/aromatic N) is 3. The van der Waals surface area contributed by atoms with E-state index in [1.807, 2.05) is 12.1 Å². The Kier molecular flexibility index (Phi) is 5.40. The van der Waals surface area contributed by atoms with Crippen LogP contribution in [0.2, 0.25) is 0 Å². The van der Waals surface area contributed by atoms with Crippen molar-refractivity contribution in [2.24, 2.45) is 0 Å². The average Bonchev–Trinajstić information content (AvgIpc) is 2.79. The van der Waals surface area contributed by atoms with Gasteiger partial charge in [0.2, 0.25) is 0 Å². The number of benzene rings is 1. The fourth-order valence-electron chi connectivity index (χ4n) is 3.35. The Bertz CT molecular complexity index is 1120. The topological polar surface area (TPSA) is 114 Å². The third-order valence-electron chi connectivity index (χ3n) is 4.93. The van der Waals surface area contributed by atoms with E-state index in [0.29, 0.717) is 41.5 Å². The number of morpholine rings is 1. The molecule has 30 heavy (non-hydrogen) atoms. The maximum absolute atomic E-state index is 12.1. The molecule has 8 heteroatoms. The highest BCUT2D eigenvalue weighted by Crippen LogP contribution is 2.31. The quantitative estimate of drug-likeness (QED) is 0.498. The molecule has 1 saturated heterocycles. The van der Waals surface area contributed by atoms with Gasteiger partial charge in [-0.15, -0.1) is 0 Å². The van der Waals surface area contributed by atoms with Crippen molar-refractivity contribution in [2.75, 3.05) is 37.5 Å². The summed E-state index contributed by atoms with van der Waals surface area (Å²) < 4.78 is 10.6. The van der Waals surface area contributed by atoms with Gasteiger partial charge in [0.1, 0.15) is 18.2 Å². The number of amides is 1. The van der Waals surface area contributed by atoms with E-state index in [1.54, 1.807) is 54.9 Å². The van der Waals surface area contributed by atoms with Crippen LogP contribution in [0.15, 0.2) is 55.0 Å². The number of carbonyl (C=O) groups is 1. The van der Waals surface area contributed by atoms with Crippen LogP contribution in [0.25, 0.3) is 11.1 Å². The molecule has 0 spiro atoms. The summed E-state index contributed by atoms with van der Waals surface area (Å²) in [4.78, 5) is 22.2. The summed E-state index contributed by atoms with van der Waals surface area (Å²) in [6.07, 6.45) is 4.96. The summed E-state index contributed by atoms with van der Waals surface area (Å²) in [5, 5.41) is 8.75. The van der Waals surface area contributed by atoms with Gasteiger partial charge in [-0.1, -0.05) is 6.07 Å². The Balaban J connectivity index is 0.00000272. The molecule has 1 aliphatic rings. The van der Waals surface area contributed by atoms with Gasteiger partial charge >= 0.3 is 0 Å². The average molecular weight is 405 g/mol. The second-order valence-corrected chi connectivity index (χ2v) is 6.75. The van der Waals surface area contributed by atoms with Crippen LogP contribution in [-0.2, 0) is 9.53 Å². The molecular formula is C22H23N5O3. The molecule has 1 aliphatic heterocycles. The number of ether oxygens (including phenoxy) is 2. The van der Waals surface area contributed by atoms with Crippen LogP contribution in [0.3, 0.4) is 0 Å².